The zero-order valence-electron chi connectivity index (χ0n) is 17.0. The van der Waals surface area contributed by atoms with E-state index >= 15 is 0 Å². The Balaban J connectivity index is 1.52. The Morgan fingerprint density at radius 3 is 2.97 bits per heavy atom. The van der Waals surface area contributed by atoms with Crippen LogP contribution in [0, 0.1) is 11.3 Å². The summed E-state index contributed by atoms with van der Waals surface area (Å²) in [5, 5.41) is 35.6. The van der Waals surface area contributed by atoms with E-state index < -0.39 is 5.91 Å². The van der Waals surface area contributed by atoms with E-state index in [0.29, 0.717) is 39.4 Å². The first-order chi connectivity index (χ1) is 15.5. The van der Waals surface area contributed by atoms with Crippen molar-refractivity contribution in [1.82, 2.24) is 20.6 Å². The molecule has 10 heteroatoms. The fourth-order valence-corrected chi connectivity index (χ4v) is 3.84. The second kappa shape index (κ2) is 9.36. The number of aliphatic hydroxyl groups excluding tert-OH is 1. The highest BCUT2D eigenvalue weighted by atomic mass is 35.5. The molecular weight excluding hydrogens is 432 g/mol. The summed E-state index contributed by atoms with van der Waals surface area (Å²) < 4.78 is 0. The number of hydrogen-bond acceptors (Lipinski definition) is 8. The van der Waals surface area contributed by atoms with Gasteiger partial charge in [0, 0.05) is 42.6 Å². The highest BCUT2D eigenvalue weighted by Gasteiger charge is 2.21. The van der Waals surface area contributed by atoms with Crippen molar-refractivity contribution in [3.8, 4) is 11.8 Å². The predicted octanol–water partition coefficient (Wildman–Crippen LogP) is 1.56. The molecule has 2 aromatic heterocycles. The van der Waals surface area contributed by atoms with Gasteiger partial charge in [0.15, 0.2) is 11.4 Å². The molecule has 4 N–H and O–H groups in total. The smallest absolute Gasteiger partial charge is 0.274 e. The minimum Gasteiger partial charge on any atom is -0.505 e. The molecule has 3 heterocycles. The van der Waals surface area contributed by atoms with Gasteiger partial charge in [-0.25, -0.2) is 9.97 Å². The normalized spacial score (nSPS) is 16.0. The lowest BCUT2D eigenvalue weighted by Gasteiger charge is -2.33. The molecule has 9 nitrogen and oxygen atoms in total. The molecule has 0 bridgehead atoms. The van der Waals surface area contributed by atoms with Crippen LogP contribution >= 0.6 is 11.6 Å². The first kappa shape index (κ1) is 21.8. The van der Waals surface area contributed by atoms with Crippen LogP contribution in [-0.2, 0) is 6.54 Å². The molecule has 1 aliphatic heterocycles. The number of nitriles is 1. The number of amides is 1. The van der Waals surface area contributed by atoms with Crippen LogP contribution in [-0.4, -0.2) is 58.4 Å². The van der Waals surface area contributed by atoms with Gasteiger partial charge < -0.3 is 25.7 Å². The largest absolute Gasteiger partial charge is 0.505 e. The minimum atomic E-state index is -0.554. The summed E-state index contributed by atoms with van der Waals surface area (Å²) >= 11 is 6.15. The average molecular weight is 453 g/mol. The molecule has 1 fully saturated rings. The predicted molar refractivity (Wildman–Crippen MR) is 120 cm³/mol. The Kier molecular flexibility index (Phi) is 6.37. The van der Waals surface area contributed by atoms with Gasteiger partial charge in [0.05, 0.1) is 30.0 Å². The number of nitrogens with one attached hydrogen (secondary N) is 2. The number of rotatable bonds is 5. The number of carbonyl (C=O) groups excluding carboxylic acids is 1. The van der Waals surface area contributed by atoms with Crippen LogP contribution in [0.3, 0.4) is 0 Å². The molecule has 1 unspecified atom stereocenters. The van der Waals surface area contributed by atoms with E-state index in [0.717, 1.165) is 13.1 Å². The van der Waals surface area contributed by atoms with Crippen molar-refractivity contribution in [1.29, 1.82) is 5.26 Å². The SMILES string of the molecule is N#Cc1ccc(CNC(=O)c2ncc3nc(N4CCNC(CO)C4)ccc3c2O)c(Cl)c1. The minimum absolute atomic E-state index is 0.0246. The Bertz CT molecular complexity index is 1210. The second-order valence-electron chi connectivity index (χ2n) is 7.44. The summed E-state index contributed by atoms with van der Waals surface area (Å²) in [7, 11) is 0. The van der Waals surface area contributed by atoms with Gasteiger partial charge in [-0.2, -0.15) is 5.26 Å². The van der Waals surface area contributed by atoms with Crippen LogP contribution in [0.2, 0.25) is 5.02 Å². The maximum absolute atomic E-state index is 12.6. The standard InChI is InChI=1S/C22H21ClN6O3/c23-17-7-13(8-24)1-2-14(17)9-27-22(32)20-21(31)16-3-4-19(28-18(16)10-26-20)29-6-5-25-15(11-29)12-30/h1-4,7,10,15,25,30-31H,5-6,9,11-12H2,(H,27,32). The van der Waals surface area contributed by atoms with Crippen molar-refractivity contribution in [2.75, 3.05) is 31.1 Å². The van der Waals surface area contributed by atoms with Crippen molar-refractivity contribution >= 4 is 34.2 Å². The van der Waals surface area contributed by atoms with Crippen LogP contribution < -0.4 is 15.5 Å². The summed E-state index contributed by atoms with van der Waals surface area (Å²) in [6, 6.07) is 10.3. The fraction of sp³-hybridized carbons (Fsp3) is 0.273. The lowest BCUT2D eigenvalue weighted by atomic mass is 10.1. The van der Waals surface area contributed by atoms with E-state index in [1.54, 1.807) is 24.3 Å². The van der Waals surface area contributed by atoms with Gasteiger partial charge in [-0.05, 0) is 29.8 Å². The van der Waals surface area contributed by atoms with Crippen LogP contribution in [0.4, 0.5) is 5.82 Å². The Morgan fingerprint density at radius 2 is 2.22 bits per heavy atom. The number of nitrogens with zero attached hydrogens (tertiary/aromatic N) is 4. The summed E-state index contributed by atoms with van der Waals surface area (Å²) in [4.78, 5) is 23.3. The highest BCUT2D eigenvalue weighted by molar-refractivity contribution is 6.31. The van der Waals surface area contributed by atoms with Crippen molar-refractivity contribution in [2.24, 2.45) is 0 Å². The number of carbonyl (C=O) groups is 1. The molecule has 1 aromatic carbocycles. The molecule has 0 spiro atoms. The lowest BCUT2D eigenvalue weighted by molar-refractivity contribution is 0.0943. The van der Waals surface area contributed by atoms with Gasteiger partial charge in [-0.1, -0.05) is 17.7 Å². The van der Waals surface area contributed by atoms with Gasteiger partial charge in [0.1, 0.15) is 5.82 Å². The van der Waals surface area contributed by atoms with Gasteiger partial charge in [0.2, 0.25) is 0 Å². The number of aliphatic hydroxyl groups is 1. The Hall–Kier alpha value is -3.45. The van der Waals surface area contributed by atoms with E-state index in [2.05, 4.69) is 25.5 Å². The third kappa shape index (κ3) is 4.43. The summed E-state index contributed by atoms with van der Waals surface area (Å²) in [5.41, 5.74) is 1.42. The zero-order valence-corrected chi connectivity index (χ0v) is 17.8. The van der Waals surface area contributed by atoms with Crippen LogP contribution in [0.5, 0.6) is 5.75 Å². The number of benzene rings is 1. The van der Waals surface area contributed by atoms with Gasteiger partial charge in [0.25, 0.3) is 5.91 Å². The molecule has 1 amide bonds. The number of halogens is 1. The first-order valence-electron chi connectivity index (χ1n) is 10.0. The maximum atomic E-state index is 12.6. The molecule has 1 atom stereocenters. The molecule has 0 saturated carbocycles. The summed E-state index contributed by atoms with van der Waals surface area (Å²) in [6.45, 7) is 2.25. The second-order valence-corrected chi connectivity index (χ2v) is 7.85. The number of anilines is 1. The fourth-order valence-electron chi connectivity index (χ4n) is 3.59. The molecule has 3 aromatic rings. The maximum Gasteiger partial charge on any atom is 0.274 e. The lowest BCUT2D eigenvalue weighted by Crippen LogP contribution is -2.52. The topological polar surface area (TPSA) is 134 Å². The first-order valence-corrected chi connectivity index (χ1v) is 10.4. The molecule has 4 rings (SSSR count). The van der Waals surface area contributed by atoms with Crippen molar-refractivity contribution < 1.29 is 15.0 Å². The molecule has 1 aliphatic rings. The van der Waals surface area contributed by atoms with Crippen LogP contribution in [0.25, 0.3) is 10.9 Å². The number of piperazine rings is 1. The number of hydrogen-bond donors (Lipinski definition) is 4. The van der Waals surface area contributed by atoms with Crippen molar-refractivity contribution in [2.45, 2.75) is 12.6 Å². The van der Waals surface area contributed by atoms with E-state index in [1.165, 1.54) is 12.3 Å². The number of aromatic nitrogens is 2. The third-order valence-electron chi connectivity index (χ3n) is 5.34. The van der Waals surface area contributed by atoms with E-state index in [4.69, 9.17) is 16.9 Å². The van der Waals surface area contributed by atoms with Gasteiger partial charge in [-0.3, -0.25) is 4.79 Å². The van der Waals surface area contributed by atoms with E-state index in [1.807, 2.05) is 6.07 Å². The zero-order chi connectivity index (χ0) is 22.7. The van der Waals surface area contributed by atoms with Gasteiger partial charge >= 0.3 is 0 Å². The average Bonchev–Trinajstić information content (AvgIpc) is 2.83. The number of aromatic hydroxyl groups is 1. The Labute approximate surface area is 189 Å². The van der Waals surface area contributed by atoms with Crippen LogP contribution in [0.1, 0.15) is 21.6 Å². The molecule has 32 heavy (non-hydrogen) atoms. The highest BCUT2D eigenvalue weighted by Crippen LogP contribution is 2.28. The molecule has 0 aliphatic carbocycles. The molecule has 1 saturated heterocycles. The van der Waals surface area contributed by atoms with E-state index in [9.17, 15) is 15.0 Å². The number of fused-ring (bicyclic) bond motifs is 1. The summed E-state index contributed by atoms with van der Waals surface area (Å²) in [5.74, 6) is -0.0911. The quantitative estimate of drug-likeness (QED) is 0.458. The molecule has 0 radical (unpaired) electrons. The van der Waals surface area contributed by atoms with E-state index in [-0.39, 0.29) is 30.6 Å². The van der Waals surface area contributed by atoms with Crippen molar-refractivity contribution in [3.05, 3.63) is 58.4 Å². The Morgan fingerprint density at radius 1 is 1.38 bits per heavy atom. The van der Waals surface area contributed by atoms with Gasteiger partial charge in [-0.15, -0.1) is 0 Å². The van der Waals surface area contributed by atoms with Crippen LogP contribution in [0.15, 0.2) is 36.5 Å². The molecular formula is C22H21ClN6O3. The molecule has 164 valence electrons. The third-order valence-corrected chi connectivity index (χ3v) is 5.69. The van der Waals surface area contributed by atoms with Crippen molar-refractivity contribution in [3.63, 3.8) is 0 Å². The monoisotopic (exact) mass is 452 g/mol. The summed E-state index contributed by atoms with van der Waals surface area (Å²) in [6.07, 6.45) is 1.45. The number of pyridine rings is 2.